The molecule has 0 radical (unpaired) electrons. The molecule has 6 heteroatoms. The van der Waals surface area contributed by atoms with Gasteiger partial charge >= 0.3 is 0 Å². The number of benzene rings is 1. The normalized spacial score (nSPS) is 23.1. The fourth-order valence-electron chi connectivity index (χ4n) is 2.91. The smallest absolute Gasteiger partial charge is 0.263 e. The minimum absolute atomic E-state index is 0.274. The zero-order valence-electron chi connectivity index (χ0n) is 12.7. The largest absolute Gasteiger partial charge is 0.349 e. The molecule has 1 saturated carbocycles. The van der Waals surface area contributed by atoms with Crippen LogP contribution in [0.2, 0.25) is 0 Å². The lowest BCUT2D eigenvalue weighted by atomic mass is 9.95. The summed E-state index contributed by atoms with van der Waals surface area (Å²) in [5.74, 6) is 1.77. The lowest BCUT2D eigenvalue weighted by molar-refractivity contribution is 0.426. The summed E-state index contributed by atoms with van der Waals surface area (Å²) in [6.45, 7) is 1.98. The predicted molar refractivity (Wildman–Crippen MR) is 88.1 cm³/mol. The topological polar surface area (TPSA) is 68.0 Å². The van der Waals surface area contributed by atoms with Crippen molar-refractivity contribution in [2.75, 3.05) is 11.1 Å². The van der Waals surface area contributed by atoms with Crippen LogP contribution in [0.1, 0.15) is 32.6 Å². The van der Waals surface area contributed by atoms with Crippen LogP contribution in [-0.4, -0.2) is 31.4 Å². The molecule has 0 spiro atoms. The number of hydrogen-bond donors (Lipinski definition) is 1. The second-order valence-electron chi connectivity index (χ2n) is 5.59. The van der Waals surface area contributed by atoms with Crippen LogP contribution in [0.3, 0.4) is 0 Å². The quantitative estimate of drug-likeness (QED) is 0.916. The van der Waals surface area contributed by atoms with Gasteiger partial charge in [-0.3, -0.25) is 4.21 Å². The molecule has 22 heavy (non-hydrogen) atoms. The monoisotopic (exact) mass is 319 g/mol. The second kappa shape index (κ2) is 7.05. The summed E-state index contributed by atoms with van der Waals surface area (Å²) < 4.78 is 17.3. The molecule has 1 aromatic carbocycles. The van der Waals surface area contributed by atoms with E-state index in [-0.39, 0.29) is 11.3 Å². The predicted octanol–water partition coefficient (Wildman–Crippen LogP) is 3.23. The summed E-state index contributed by atoms with van der Waals surface area (Å²) >= 11 is 0. The Balaban J connectivity index is 1.64. The molecule has 1 aromatic heterocycles. The Labute approximate surface area is 133 Å². The highest BCUT2D eigenvalue weighted by Gasteiger charge is 2.26. The molecule has 118 valence electrons. The first-order valence-corrected chi connectivity index (χ1v) is 9.17. The first-order chi connectivity index (χ1) is 10.8. The minimum atomic E-state index is -0.721. The van der Waals surface area contributed by atoms with Crippen LogP contribution in [-0.2, 0) is 10.8 Å². The Morgan fingerprint density at radius 1 is 1.32 bits per heavy atom. The third kappa shape index (κ3) is 3.55. The number of anilines is 1. The van der Waals surface area contributed by atoms with Crippen molar-refractivity contribution in [3.63, 3.8) is 0 Å². The van der Waals surface area contributed by atoms with Crippen LogP contribution in [0.4, 0.5) is 5.95 Å². The highest BCUT2D eigenvalue weighted by atomic mass is 32.2. The maximum Gasteiger partial charge on any atom is 0.263 e. The molecule has 1 fully saturated rings. The van der Waals surface area contributed by atoms with Crippen LogP contribution >= 0.6 is 0 Å². The molecule has 0 bridgehead atoms. The van der Waals surface area contributed by atoms with Gasteiger partial charge in [0.2, 0.25) is 0 Å². The summed E-state index contributed by atoms with van der Waals surface area (Å²) in [6.07, 6.45) is 4.12. The van der Waals surface area contributed by atoms with E-state index in [1.165, 1.54) is 0 Å². The van der Waals surface area contributed by atoms with E-state index in [1.54, 1.807) is 0 Å². The Hall–Kier alpha value is -1.69. The van der Waals surface area contributed by atoms with Gasteiger partial charge in [0.05, 0.1) is 0 Å². The average Bonchev–Trinajstić information content (AvgIpc) is 3.03. The SMILES string of the molecule is CCS(=O)C1CCCC(Nc2noc(-c3ccccc3)n2)C1. The van der Waals surface area contributed by atoms with Gasteiger partial charge in [-0.15, -0.1) is 0 Å². The summed E-state index contributed by atoms with van der Waals surface area (Å²) in [5.41, 5.74) is 0.914. The molecule has 3 unspecified atom stereocenters. The van der Waals surface area contributed by atoms with Gasteiger partial charge < -0.3 is 9.84 Å². The van der Waals surface area contributed by atoms with Gasteiger partial charge in [-0.05, 0) is 36.6 Å². The molecule has 0 amide bonds. The Morgan fingerprint density at radius 2 is 2.14 bits per heavy atom. The Morgan fingerprint density at radius 3 is 2.91 bits per heavy atom. The fraction of sp³-hybridized carbons (Fsp3) is 0.500. The molecule has 1 heterocycles. The zero-order chi connectivity index (χ0) is 15.4. The van der Waals surface area contributed by atoms with Crippen molar-refractivity contribution in [3.05, 3.63) is 30.3 Å². The summed E-state index contributed by atoms with van der Waals surface area (Å²) in [6, 6.07) is 10.00. The molecule has 5 nitrogen and oxygen atoms in total. The zero-order valence-corrected chi connectivity index (χ0v) is 13.5. The van der Waals surface area contributed by atoms with Crippen molar-refractivity contribution < 1.29 is 8.73 Å². The molecule has 0 aliphatic heterocycles. The van der Waals surface area contributed by atoms with Crippen LogP contribution in [0.25, 0.3) is 11.5 Å². The third-order valence-electron chi connectivity index (χ3n) is 4.06. The van der Waals surface area contributed by atoms with E-state index in [0.717, 1.165) is 37.0 Å². The lowest BCUT2D eigenvalue weighted by Crippen LogP contribution is -2.33. The van der Waals surface area contributed by atoms with Crippen molar-refractivity contribution >= 4 is 16.7 Å². The summed E-state index contributed by atoms with van der Waals surface area (Å²) in [5, 5.41) is 7.62. The van der Waals surface area contributed by atoms with Crippen LogP contribution in [0, 0.1) is 0 Å². The second-order valence-corrected chi connectivity index (χ2v) is 7.59. The molecular weight excluding hydrogens is 298 g/mol. The van der Waals surface area contributed by atoms with Crippen LogP contribution < -0.4 is 5.32 Å². The molecule has 3 rings (SSSR count). The number of rotatable bonds is 5. The maximum absolute atomic E-state index is 12.0. The van der Waals surface area contributed by atoms with Crippen LogP contribution in [0.5, 0.6) is 0 Å². The standard InChI is InChI=1S/C16H21N3O2S/c1-2-22(20)14-10-6-9-13(11-14)17-16-18-15(21-19-16)12-7-4-3-5-8-12/h3-5,7-8,13-14H,2,6,9-11H2,1H3,(H,17,19). The highest BCUT2D eigenvalue weighted by molar-refractivity contribution is 7.85. The highest BCUT2D eigenvalue weighted by Crippen LogP contribution is 2.26. The van der Waals surface area contributed by atoms with Gasteiger partial charge in [0.15, 0.2) is 0 Å². The van der Waals surface area contributed by atoms with E-state index in [1.807, 2.05) is 37.3 Å². The van der Waals surface area contributed by atoms with E-state index in [4.69, 9.17) is 4.52 Å². The molecule has 0 saturated heterocycles. The first kappa shape index (κ1) is 15.2. The molecule has 1 aliphatic carbocycles. The molecule has 1 aliphatic rings. The summed E-state index contributed by atoms with van der Waals surface area (Å²) in [4.78, 5) is 4.40. The van der Waals surface area contributed by atoms with Crippen molar-refractivity contribution in [2.45, 2.75) is 43.9 Å². The van der Waals surface area contributed by atoms with Gasteiger partial charge in [0.1, 0.15) is 0 Å². The molecule has 1 N–H and O–H groups in total. The van der Waals surface area contributed by atoms with Gasteiger partial charge in [-0.2, -0.15) is 4.98 Å². The number of hydrogen-bond acceptors (Lipinski definition) is 5. The van der Waals surface area contributed by atoms with Gasteiger partial charge in [0, 0.05) is 33.4 Å². The third-order valence-corrected chi connectivity index (χ3v) is 5.80. The van der Waals surface area contributed by atoms with Crippen molar-refractivity contribution in [3.8, 4) is 11.5 Å². The van der Waals surface area contributed by atoms with Crippen LogP contribution in [0.15, 0.2) is 34.9 Å². The first-order valence-electron chi connectivity index (χ1n) is 7.79. The van der Waals surface area contributed by atoms with E-state index in [9.17, 15) is 4.21 Å². The van der Waals surface area contributed by atoms with Crippen molar-refractivity contribution in [1.29, 1.82) is 0 Å². The molecule has 2 aromatic rings. The fourth-order valence-corrected chi connectivity index (χ4v) is 4.26. The number of aromatic nitrogens is 2. The lowest BCUT2D eigenvalue weighted by Gasteiger charge is -2.28. The average molecular weight is 319 g/mol. The van der Waals surface area contributed by atoms with E-state index >= 15 is 0 Å². The van der Waals surface area contributed by atoms with Gasteiger partial charge in [0.25, 0.3) is 11.8 Å². The Kier molecular flexibility index (Phi) is 4.87. The minimum Gasteiger partial charge on any atom is -0.349 e. The number of nitrogens with one attached hydrogen (secondary N) is 1. The maximum atomic E-state index is 12.0. The number of nitrogens with zero attached hydrogens (tertiary/aromatic N) is 2. The molecular formula is C16H21N3O2S. The van der Waals surface area contributed by atoms with Gasteiger partial charge in [-0.1, -0.05) is 31.5 Å². The van der Waals surface area contributed by atoms with Crippen molar-refractivity contribution in [2.24, 2.45) is 0 Å². The van der Waals surface area contributed by atoms with E-state index in [2.05, 4.69) is 15.5 Å². The van der Waals surface area contributed by atoms with Crippen molar-refractivity contribution in [1.82, 2.24) is 10.1 Å². The van der Waals surface area contributed by atoms with Gasteiger partial charge in [-0.25, -0.2) is 0 Å². The molecule has 3 atom stereocenters. The van der Waals surface area contributed by atoms with E-state index in [0.29, 0.717) is 11.8 Å². The Bertz CT molecular complexity index is 629. The summed E-state index contributed by atoms with van der Waals surface area (Å²) in [7, 11) is -0.721. The van der Waals surface area contributed by atoms with E-state index < -0.39 is 10.8 Å².